The van der Waals surface area contributed by atoms with E-state index in [1.165, 1.54) is 12.1 Å². The molecule has 0 bridgehead atoms. The van der Waals surface area contributed by atoms with Crippen molar-refractivity contribution in [2.24, 2.45) is 5.92 Å². The van der Waals surface area contributed by atoms with Crippen LogP contribution in [0, 0.1) is 5.92 Å². The van der Waals surface area contributed by atoms with Gasteiger partial charge in [-0.25, -0.2) is 13.6 Å². The summed E-state index contributed by atoms with van der Waals surface area (Å²) in [5.74, 6) is -37.0. The van der Waals surface area contributed by atoms with Crippen LogP contribution < -0.4 is 0 Å². The summed E-state index contributed by atoms with van der Waals surface area (Å²) in [5.41, 5.74) is 0.333. The normalized spacial score (nSPS) is 20.1. The lowest BCUT2D eigenvalue weighted by Crippen LogP contribution is -2.69. The molecule has 0 spiro atoms. The number of hydrogen-bond acceptors (Lipinski definition) is 2. The molecule has 2 nitrogen and oxygen atoms in total. The van der Waals surface area contributed by atoms with Gasteiger partial charge in [0.2, 0.25) is 0 Å². The monoisotopic (exact) mass is 574 g/mol. The van der Waals surface area contributed by atoms with Crippen molar-refractivity contribution in [2.45, 2.75) is 93.8 Å². The molecule has 38 heavy (non-hydrogen) atoms. The molecule has 0 amide bonds. The van der Waals surface area contributed by atoms with Crippen LogP contribution in [0.3, 0.4) is 0 Å². The Morgan fingerprint density at radius 3 is 1.84 bits per heavy atom. The topological polar surface area (TPSA) is 26.3 Å². The molecule has 1 saturated carbocycles. The maximum Gasteiger partial charge on any atom is 0.384 e. The van der Waals surface area contributed by atoms with E-state index in [1.807, 2.05) is 0 Å². The van der Waals surface area contributed by atoms with Crippen molar-refractivity contribution in [3.05, 3.63) is 35.4 Å². The van der Waals surface area contributed by atoms with Gasteiger partial charge in [0.1, 0.15) is 0 Å². The van der Waals surface area contributed by atoms with Gasteiger partial charge in [0.05, 0.1) is 5.56 Å². The number of rotatable bonds is 12. The van der Waals surface area contributed by atoms with Gasteiger partial charge in [-0.15, -0.1) is 0 Å². The second kappa shape index (κ2) is 11.5. The van der Waals surface area contributed by atoms with E-state index in [0.29, 0.717) is 5.92 Å². The van der Waals surface area contributed by atoms with E-state index in [4.69, 9.17) is 0 Å². The van der Waals surface area contributed by atoms with Crippen molar-refractivity contribution in [3.8, 4) is 0 Å². The van der Waals surface area contributed by atoms with Gasteiger partial charge in [-0.05, 0) is 55.2 Å². The molecule has 0 N–H and O–H groups in total. The molecule has 218 valence electrons. The Bertz CT molecular complexity index is 923. The second-order valence-corrected chi connectivity index (χ2v) is 9.41. The number of halogens is 12. The maximum atomic E-state index is 13.8. The molecule has 0 heterocycles. The number of alkyl halides is 12. The molecule has 1 fully saturated rings. The van der Waals surface area contributed by atoms with Crippen LogP contribution in [0.15, 0.2) is 24.3 Å². The van der Waals surface area contributed by atoms with E-state index in [-0.39, 0.29) is 5.92 Å². The molecule has 2 rings (SSSR count). The van der Waals surface area contributed by atoms with Gasteiger partial charge in [0.25, 0.3) is 0 Å². The number of benzene rings is 1. The zero-order valence-electron chi connectivity index (χ0n) is 20.1. The molecule has 0 atom stereocenters. The molecule has 0 aliphatic heterocycles. The SMILES string of the molecule is CCCCC1CCC(c2ccc(C(=O)OCC(F)(F)C(F)(F)C(F)(F)C(F)(F)C(F)(F)C(F)F)cc2)CC1. The fourth-order valence-corrected chi connectivity index (χ4v) is 4.27. The molecule has 14 heteroatoms. The van der Waals surface area contributed by atoms with Crippen LogP contribution >= 0.6 is 0 Å². The van der Waals surface area contributed by atoms with Crippen molar-refractivity contribution < 1.29 is 62.2 Å². The molecule has 0 unspecified atom stereocenters. The van der Waals surface area contributed by atoms with Crippen LogP contribution in [0.5, 0.6) is 0 Å². The van der Waals surface area contributed by atoms with Crippen LogP contribution in [-0.4, -0.2) is 48.6 Å². The summed E-state index contributed by atoms with van der Waals surface area (Å²) in [6.07, 6.45) is 1.46. The van der Waals surface area contributed by atoms with E-state index >= 15 is 0 Å². The summed E-state index contributed by atoms with van der Waals surface area (Å²) >= 11 is 0. The summed E-state index contributed by atoms with van der Waals surface area (Å²) in [7, 11) is 0. The molecule has 0 aromatic heterocycles. The highest BCUT2D eigenvalue weighted by atomic mass is 19.4. The Morgan fingerprint density at radius 2 is 1.37 bits per heavy atom. The second-order valence-electron chi connectivity index (χ2n) is 9.41. The molecule has 1 aliphatic rings. The Kier molecular flexibility index (Phi) is 9.73. The van der Waals surface area contributed by atoms with Gasteiger partial charge in [0.15, 0.2) is 6.61 Å². The predicted molar refractivity (Wildman–Crippen MR) is 112 cm³/mol. The largest absolute Gasteiger partial charge is 0.455 e. The lowest BCUT2D eigenvalue weighted by atomic mass is 9.77. The van der Waals surface area contributed by atoms with Gasteiger partial charge in [-0.1, -0.05) is 38.3 Å². The summed E-state index contributed by atoms with van der Waals surface area (Å²) in [4.78, 5) is 12.0. The highest BCUT2D eigenvalue weighted by molar-refractivity contribution is 5.89. The first-order valence-corrected chi connectivity index (χ1v) is 11.8. The quantitative estimate of drug-likeness (QED) is 0.184. The third kappa shape index (κ3) is 6.03. The third-order valence-electron chi connectivity index (χ3n) is 6.76. The predicted octanol–water partition coefficient (Wildman–Crippen LogP) is 8.75. The summed E-state index contributed by atoms with van der Waals surface area (Å²) in [5, 5.41) is 0. The van der Waals surface area contributed by atoms with Crippen LogP contribution in [-0.2, 0) is 4.74 Å². The van der Waals surface area contributed by atoms with Crippen LogP contribution in [0.2, 0.25) is 0 Å². The minimum atomic E-state index is -7.66. The highest BCUT2D eigenvalue weighted by Gasteiger charge is 2.87. The number of unbranched alkanes of at least 4 members (excludes halogenated alkanes) is 1. The van der Waals surface area contributed by atoms with Crippen molar-refractivity contribution in [1.29, 1.82) is 0 Å². The van der Waals surface area contributed by atoms with E-state index in [1.54, 1.807) is 0 Å². The Hall–Kier alpha value is -2.15. The fourth-order valence-electron chi connectivity index (χ4n) is 4.27. The first kappa shape index (κ1) is 32.1. The molecule has 0 saturated heterocycles. The average Bonchev–Trinajstić information content (AvgIpc) is 2.85. The molecular formula is C24H26F12O2. The van der Waals surface area contributed by atoms with Gasteiger partial charge < -0.3 is 4.74 Å². The molecular weight excluding hydrogens is 548 g/mol. The van der Waals surface area contributed by atoms with E-state index in [0.717, 1.165) is 62.6 Å². The van der Waals surface area contributed by atoms with Crippen LogP contribution in [0.25, 0.3) is 0 Å². The van der Waals surface area contributed by atoms with Crippen molar-refractivity contribution in [3.63, 3.8) is 0 Å². The summed E-state index contributed by atoms with van der Waals surface area (Å²) < 4.78 is 163. The molecule has 1 aliphatic carbocycles. The standard InChI is InChI=1S/C24H26F12O2/c1-2-3-4-14-5-7-15(8-6-14)16-9-11-17(12-10-16)18(37)38-13-20(27,28)22(31,32)24(35,36)23(33,34)21(29,30)19(25)26/h9-12,14-15,19H,2-8,13H2,1H3. The van der Waals surface area contributed by atoms with Crippen molar-refractivity contribution >= 4 is 5.97 Å². The zero-order valence-corrected chi connectivity index (χ0v) is 20.1. The zero-order chi connectivity index (χ0) is 29.2. The molecule has 1 aromatic rings. The third-order valence-corrected chi connectivity index (χ3v) is 6.76. The van der Waals surface area contributed by atoms with Crippen molar-refractivity contribution in [2.75, 3.05) is 6.61 Å². The van der Waals surface area contributed by atoms with Gasteiger partial charge in [0, 0.05) is 0 Å². The van der Waals surface area contributed by atoms with E-state index < -0.39 is 54.2 Å². The Labute approximate surface area is 210 Å². The van der Waals surface area contributed by atoms with Crippen LogP contribution in [0.4, 0.5) is 52.7 Å². The van der Waals surface area contributed by atoms with Gasteiger partial charge in [-0.2, -0.15) is 43.9 Å². The average molecular weight is 574 g/mol. The van der Waals surface area contributed by atoms with Gasteiger partial charge >= 0.3 is 42.0 Å². The first-order chi connectivity index (χ1) is 17.3. The lowest BCUT2D eigenvalue weighted by molar-refractivity contribution is -0.414. The van der Waals surface area contributed by atoms with E-state index in [9.17, 15) is 57.5 Å². The lowest BCUT2D eigenvalue weighted by Gasteiger charge is -2.38. The first-order valence-electron chi connectivity index (χ1n) is 11.8. The number of carbonyl (C=O) groups is 1. The van der Waals surface area contributed by atoms with E-state index in [2.05, 4.69) is 11.7 Å². The van der Waals surface area contributed by atoms with Crippen molar-refractivity contribution in [1.82, 2.24) is 0 Å². The highest BCUT2D eigenvalue weighted by Crippen LogP contribution is 2.58. The Balaban J connectivity index is 2.06. The smallest absolute Gasteiger partial charge is 0.384 e. The summed E-state index contributed by atoms with van der Waals surface area (Å²) in [6.45, 7) is -0.828. The number of hydrogen-bond donors (Lipinski definition) is 0. The van der Waals surface area contributed by atoms with Crippen LogP contribution in [0.1, 0.15) is 73.7 Å². The molecule has 0 radical (unpaired) electrons. The Morgan fingerprint density at radius 1 is 0.842 bits per heavy atom. The fraction of sp³-hybridized carbons (Fsp3) is 0.708. The summed E-state index contributed by atoms with van der Waals surface area (Å²) in [6, 6.07) is 5.12. The maximum absolute atomic E-state index is 13.8. The number of carbonyl (C=O) groups excluding carboxylic acids is 1. The minimum absolute atomic E-state index is 0.149. The molecule has 1 aromatic carbocycles. The number of esters is 1. The minimum Gasteiger partial charge on any atom is -0.455 e. The number of ether oxygens (including phenoxy) is 1. The van der Waals surface area contributed by atoms with Gasteiger partial charge in [-0.3, -0.25) is 0 Å².